The molecule has 1 unspecified atom stereocenters. The Labute approximate surface area is 127 Å². The van der Waals surface area contributed by atoms with E-state index in [1.54, 1.807) is 4.90 Å². The van der Waals surface area contributed by atoms with E-state index < -0.39 is 5.97 Å². The SMILES string of the molecule is CCC1CN(C(=O)Nc2ccc(O)c(C(=O)O)c2)CCS1. The van der Waals surface area contributed by atoms with E-state index in [1.165, 1.54) is 18.2 Å². The molecule has 0 aliphatic carbocycles. The lowest BCUT2D eigenvalue weighted by molar-refractivity contribution is 0.0693. The third-order valence-electron chi connectivity index (χ3n) is 3.36. The van der Waals surface area contributed by atoms with Crippen molar-refractivity contribution < 1.29 is 19.8 Å². The minimum absolute atomic E-state index is 0.228. The predicted octanol–water partition coefficient (Wildman–Crippen LogP) is 2.45. The number of nitrogens with one attached hydrogen (secondary N) is 1. The molecule has 1 aromatic carbocycles. The quantitative estimate of drug-likeness (QED) is 0.746. The number of carboxylic acids is 1. The van der Waals surface area contributed by atoms with Gasteiger partial charge in [-0.15, -0.1) is 0 Å². The minimum atomic E-state index is -1.23. The van der Waals surface area contributed by atoms with Gasteiger partial charge in [0.1, 0.15) is 11.3 Å². The summed E-state index contributed by atoms with van der Waals surface area (Å²) in [6.45, 7) is 3.46. The summed E-state index contributed by atoms with van der Waals surface area (Å²) in [5.41, 5.74) is 0.134. The van der Waals surface area contributed by atoms with Crippen LogP contribution in [0.5, 0.6) is 5.75 Å². The number of aromatic carboxylic acids is 1. The molecule has 2 amide bonds. The van der Waals surface area contributed by atoms with Gasteiger partial charge in [-0.05, 0) is 24.6 Å². The van der Waals surface area contributed by atoms with E-state index in [0.717, 1.165) is 12.2 Å². The molecule has 0 radical (unpaired) electrons. The molecule has 6 nitrogen and oxygen atoms in total. The lowest BCUT2D eigenvalue weighted by Crippen LogP contribution is -2.43. The van der Waals surface area contributed by atoms with Crippen molar-refractivity contribution in [1.29, 1.82) is 0 Å². The summed E-state index contributed by atoms with van der Waals surface area (Å²) < 4.78 is 0. The van der Waals surface area contributed by atoms with E-state index in [9.17, 15) is 14.7 Å². The second-order valence-electron chi connectivity index (χ2n) is 4.81. The summed E-state index contributed by atoms with van der Waals surface area (Å²) in [7, 11) is 0. The Morgan fingerprint density at radius 3 is 2.90 bits per heavy atom. The smallest absolute Gasteiger partial charge is 0.339 e. The van der Waals surface area contributed by atoms with Crippen LogP contribution in [0, 0.1) is 0 Å². The first-order chi connectivity index (χ1) is 10.0. The highest BCUT2D eigenvalue weighted by Gasteiger charge is 2.23. The van der Waals surface area contributed by atoms with Crippen molar-refractivity contribution in [2.75, 3.05) is 24.2 Å². The zero-order valence-electron chi connectivity index (χ0n) is 11.7. The van der Waals surface area contributed by atoms with Crippen molar-refractivity contribution >= 4 is 29.4 Å². The topological polar surface area (TPSA) is 89.9 Å². The van der Waals surface area contributed by atoms with Gasteiger partial charge in [-0.1, -0.05) is 6.92 Å². The molecule has 1 heterocycles. The number of benzene rings is 1. The maximum atomic E-state index is 12.2. The van der Waals surface area contributed by atoms with E-state index >= 15 is 0 Å². The standard InChI is InChI=1S/C14H18N2O4S/c1-2-10-8-16(5-6-21-10)14(20)15-9-3-4-12(17)11(7-9)13(18)19/h3-4,7,10,17H,2,5-6,8H2,1H3,(H,15,20)(H,18,19). The highest BCUT2D eigenvalue weighted by molar-refractivity contribution is 8.00. The third-order valence-corrected chi connectivity index (χ3v) is 4.73. The summed E-state index contributed by atoms with van der Waals surface area (Å²) in [6, 6.07) is 3.76. The molecule has 0 spiro atoms. The van der Waals surface area contributed by atoms with Gasteiger partial charge in [0.15, 0.2) is 0 Å². The molecule has 3 N–H and O–H groups in total. The number of thioether (sulfide) groups is 1. The first kappa shape index (κ1) is 15.5. The Hall–Kier alpha value is -1.89. The number of hydrogen-bond acceptors (Lipinski definition) is 4. The zero-order chi connectivity index (χ0) is 15.4. The van der Waals surface area contributed by atoms with Crippen molar-refractivity contribution in [2.45, 2.75) is 18.6 Å². The number of urea groups is 1. The van der Waals surface area contributed by atoms with E-state index in [0.29, 0.717) is 24.0 Å². The average Bonchev–Trinajstić information content (AvgIpc) is 2.49. The number of nitrogens with zero attached hydrogens (tertiary/aromatic N) is 1. The molecule has 1 fully saturated rings. The van der Waals surface area contributed by atoms with Crippen molar-refractivity contribution in [2.24, 2.45) is 0 Å². The van der Waals surface area contributed by atoms with Gasteiger partial charge < -0.3 is 20.4 Å². The molecule has 114 valence electrons. The lowest BCUT2D eigenvalue weighted by Gasteiger charge is -2.31. The fourth-order valence-corrected chi connectivity index (χ4v) is 3.32. The molecule has 0 bridgehead atoms. The summed E-state index contributed by atoms with van der Waals surface area (Å²) in [4.78, 5) is 24.9. The largest absolute Gasteiger partial charge is 0.507 e. The number of carbonyl (C=O) groups is 2. The number of anilines is 1. The van der Waals surface area contributed by atoms with Crippen LogP contribution in [0.3, 0.4) is 0 Å². The summed E-state index contributed by atoms with van der Waals surface area (Å²) in [5.74, 6) is -0.646. The van der Waals surface area contributed by atoms with E-state index in [2.05, 4.69) is 12.2 Å². The molecule has 0 saturated carbocycles. The molecule has 1 aliphatic rings. The van der Waals surface area contributed by atoms with Gasteiger partial charge in [-0.3, -0.25) is 0 Å². The number of phenols is 1. The fraction of sp³-hybridized carbons (Fsp3) is 0.429. The van der Waals surface area contributed by atoms with Crippen LogP contribution in [0.25, 0.3) is 0 Å². The number of carboxylic acid groups (broad SMARTS) is 1. The molecule has 1 aliphatic heterocycles. The van der Waals surface area contributed by atoms with Gasteiger partial charge in [0.05, 0.1) is 0 Å². The van der Waals surface area contributed by atoms with Crippen LogP contribution in [0.4, 0.5) is 10.5 Å². The highest BCUT2D eigenvalue weighted by Crippen LogP contribution is 2.24. The fourth-order valence-electron chi connectivity index (χ4n) is 2.14. The minimum Gasteiger partial charge on any atom is -0.507 e. The lowest BCUT2D eigenvalue weighted by atomic mass is 10.2. The summed E-state index contributed by atoms with van der Waals surface area (Å²) >= 11 is 1.87. The van der Waals surface area contributed by atoms with Gasteiger partial charge >= 0.3 is 12.0 Å². The van der Waals surface area contributed by atoms with Crippen LogP contribution in [-0.2, 0) is 0 Å². The maximum Gasteiger partial charge on any atom is 0.339 e. The third kappa shape index (κ3) is 3.81. The molecule has 7 heteroatoms. The number of aromatic hydroxyl groups is 1. The van der Waals surface area contributed by atoms with Gasteiger partial charge in [0, 0.05) is 29.8 Å². The maximum absolute atomic E-state index is 12.2. The van der Waals surface area contributed by atoms with E-state index in [-0.39, 0.29) is 17.3 Å². The molecular formula is C14H18N2O4S. The van der Waals surface area contributed by atoms with Crippen molar-refractivity contribution in [1.82, 2.24) is 4.90 Å². The Kier molecular flexibility index (Phi) is 4.95. The molecule has 0 aromatic heterocycles. The van der Waals surface area contributed by atoms with Crippen LogP contribution >= 0.6 is 11.8 Å². The molecule has 1 aromatic rings. The van der Waals surface area contributed by atoms with Crippen LogP contribution in [0.2, 0.25) is 0 Å². The van der Waals surface area contributed by atoms with Gasteiger partial charge in [0.2, 0.25) is 0 Å². The summed E-state index contributed by atoms with van der Waals surface area (Å²) in [5, 5.41) is 21.5. The predicted molar refractivity (Wildman–Crippen MR) is 82.2 cm³/mol. The van der Waals surface area contributed by atoms with Crippen LogP contribution in [-0.4, -0.2) is 51.2 Å². The van der Waals surface area contributed by atoms with Crippen LogP contribution in [0.1, 0.15) is 23.7 Å². The highest BCUT2D eigenvalue weighted by atomic mass is 32.2. The number of carbonyl (C=O) groups excluding carboxylic acids is 1. The molecule has 1 atom stereocenters. The van der Waals surface area contributed by atoms with Crippen LogP contribution in [0.15, 0.2) is 18.2 Å². The molecular weight excluding hydrogens is 292 g/mol. The molecule has 2 rings (SSSR count). The monoisotopic (exact) mass is 310 g/mol. The second-order valence-corrected chi connectivity index (χ2v) is 6.22. The molecule has 1 saturated heterocycles. The first-order valence-electron chi connectivity index (χ1n) is 6.75. The van der Waals surface area contributed by atoms with E-state index in [4.69, 9.17) is 5.11 Å². The van der Waals surface area contributed by atoms with Crippen molar-refractivity contribution in [3.8, 4) is 5.75 Å². The second kappa shape index (κ2) is 6.71. The first-order valence-corrected chi connectivity index (χ1v) is 7.80. The Balaban J connectivity index is 2.05. The summed E-state index contributed by atoms with van der Waals surface area (Å²) in [6.07, 6.45) is 1.01. The Bertz CT molecular complexity index is 550. The Morgan fingerprint density at radius 1 is 1.48 bits per heavy atom. The van der Waals surface area contributed by atoms with Crippen molar-refractivity contribution in [3.63, 3.8) is 0 Å². The average molecular weight is 310 g/mol. The van der Waals surface area contributed by atoms with Gasteiger partial charge in [0.25, 0.3) is 0 Å². The molecule has 21 heavy (non-hydrogen) atoms. The van der Waals surface area contributed by atoms with Gasteiger partial charge in [-0.2, -0.15) is 11.8 Å². The number of amides is 2. The Morgan fingerprint density at radius 2 is 2.24 bits per heavy atom. The normalized spacial score (nSPS) is 18.3. The van der Waals surface area contributed by atoms with Gasteiger partial charge in [-0.25, -0.2) is 9.59 Å². The van der Waals surface area contributed by atoms with E-state index in [1.807, 2.05) is 11.8 Å². The van der Waals surface area contributed by atoms with Crippen molar-refractivity contribution in [3.05, 3.63) is 23.8 Å². The number of hydrogen-bond donors (Lipinski definition) is 3. The van der Waals surface area contributed by atoms with Crippen LogP contribution < -0.4 is 5.32 Å². The number of rotatable bonds is 3. The zero-order valence-corrected chi connectivity index (χ0v) is 12.5.